The van der Waals surface area contributed by atoms with E-state index >= 15 is 0 Å². The number of ether oxygens (including phenoxy) is 6. The highest BCUT2D eigenvalue weighted by atomic mass is 16.5. The molecule has 9 nitrogen and oxygen atoms in total. The average molecular weight is 521 g/mol. The molecule has 200 valence electrons. The number of nitrogens with one attached hydrogen (secondary N) is 1. The van der Waals surface area contributed by atoms with E-state index in [1.165, 1.54) is 27.4 Å². The molecule has 38 heavy (non-hydrogen) atoms. The summed E-state index contributed by atoms with van der Waals surface area (Å²) in [6.07, 6.45) is 6.82. The van der Waals surface area contributed by atoms with Crippen LogP contribution in [0.4, 0.5) is 11.4 Å². The van der Waals surface area contributed by atoms with Crippen molar-refractivity contribution in [1.82, 2.24) is 0 Å². The monoisotopic (exact) mass is 520 g/mol. The predicted molar refractivity (Wildman–Crippen MR) is 150 cm³/mol. The molecule has 3 aromatic rings. The van der Waals surface area contributed by atoms with Crippen LogP contribution in [0.5, 0.6) is 34.5 Å². The zero-order valence-corrected chi connectivity index (χ0v) is 22.3. The summed E-state index contributed by atoms with van der Waals surface area (Å²) >= 11 is 0. The van der Waals surface area contributed by atoms with Gasteiger partial charge < -0.3 is 39.5 Å². The van der Waals surface area contributed by atoms with E-state index in [2.05, 4.69) is 5.32 Å². The van der Waals surface area contributed by atoms with Crippen molar-refractivity contribution in [2.75, 3.05) is 53.7 Å². The Kier molecular flexibility index (Phi) is 9.48. The summed E-state index contributed by atoms with van der Waals surface area (Å²) in [6, 6.07) is 12.5. The molecule has 3 aromatic carbocycles. The van der Waals surface area contributed by atoms with Crippen LogP contribution in [0.15, 0.2) is 48.5 Å². The fourth-order valence-electron chi connectivity index (χ4n) is 3.74. The normalized spacial score (nSPS) is 10.9. The first-order valence-corrected chi connectivity index (χ1v) is 11.5. The Morgan fingerprint density at radius 3 is 1.66 bits per heavy atom. The molecule has 0 bridgehead atoms. The maximum absolute atomic E-state index is 12.8. The van der Waals surface area contributed by atoms with Gasteiger partial charge in [-0.15, -0.1) is 0 Å². The fraction of sp³-hybridized carbons (Fsp3) is 0.207. The summed E-state index contributed by atoms with van der Waals surface area (Å²) in [7, 11) is 9.25. The average Bonchev–Trinajstić information content (AvgIpc) is 2.94. The molecule has 0 saturated carbocycles. The molecule has 9 heteroatoms. The number of rotatable bonds is 11. The smallest absolute Gasteiger partial charge is 0.248 e. The molecule has 0 aliphatic carbocycles. The Morgan fingerprint density at radius 2 is 1.13 bits per heavy atom. The first kappa shape index (κ1) is 27.8. The van der Waals surface area contributed by atoms with E-state index in [1.54, 1.807) is 57.7 Å². The maximum atomic E-state index is 12.8. The molecule has 0 saturated heterocycles. The summed E-state index contributed by atoms with van der Waals surface area (Å²) in [5.41, 5.74) is 9.16. The topological polar surface area (TPSA) is 111 Å². The summed E-state index contributed by atoms with van der Waals surface area (Å²) in [6.45, 7) is 0. The van der Waals surface area contributed by atoms with Crippen molar-refractivity contribution in [3.05, 3.63) is 65.2 Å². The Balaban J connectivity index is 1.90. The molecule has 3 N–H and O–H groups in total. The highest BCUT2D eigenvalue weighted by molar-refractivity contribution is 6.03. The molecular formula is C29H32N2O7. The van der Waals surface area contributed by atoms with Crippen molar-refractivity contribution >= 4 is 35.5 Å². The van der Waals surface area contributed by atoms with Gasteiger partial charge in [-0.3, -0.25) is 4.79 Å². The van der Waals surface area contributed by atoms with Crippen LogP contribution in [0.2, 0.25) is 0 Å². The van der Waals surface area contributed by atoms with Crippen molar-refractivity contribution < 1.29 is 33.2 Å². The Morgan fingerprint density at radius 1 is 0.632 bits per heavy atom. The Labute approximate surface area is 222 Å². The molecule has 0 aliphatic heterocycles. The third-order valence-electron chi connectivity index (χ3n) is 5.60. The standard InChI is InChI=1S/C29H32N2O7/c1-33-23-14-18(9-11-21(23)30)10-12-27(32)31-22-13-19(15-24(34-2)28(22)37-5)7-8-20-16-25(35-3)29(38-6)26(17-20)36-4/h7-17H,30H2,1-6H3,(H,31,32)/b8-7+,12-10+. The minimum absolute atomic E-state index is 0.355. The Hall–Kier alpha value is -4.79. The first-order valence-electron chi connectivity index (χ1n) is 11.5. The lowest BCUT2D eigenvalue weighted by Crippen LogP contribution is -2.09. The lowest BCUT2D eigenvalue weighted by atomic mass is 10.1. The Bertz CT molecular complexity index is 1320. The number of nitrogen functional groups attached to an aromatic ring is 1. The van der Waals surface area contributed by atoms with Gasteiger partial charge in [0.1, 0.15) is 5.75 Å². The molecule has 0 aromatic heterocycles. The van der Waals surface area contributed by atoms with Crippen LogP contribution in [0.3, 0.4) is 0 Å². The number of nitrogens with two attached hydrogens (primary N) is 1. The molecule has 0 spiro atoms. The summed E-state index contributed by atoms with van der Waals surface area (Å²) in [5, 5.41) is 2.86. The van der Waals surface area contributed by atoms with Gasteiger partial charge in [-0.05, 0) is 59.2 Å². The van der Waals surface area contributed by atoms with Crippen molar-refractivity contribution in [1.29, 1.82) is 0 Å². The van der Waals surface area contributed by atoms with Gasteiger partial charge in [0.25, 0.3) is 0 Å². The molecule has 0 unspecified atom stereocenters. The van der Waals surface area contributed by atoms with E-state index in [0.29, 0.717) is 45.9 Å². The second-order valence-electron chi connectivity index (χ2n) is 7.92. The quantitative estimate of drug-likeness (QED) is 0.203. The number of hydrogen-bond donors (Lipinski definition) is 2. The number of carbonyl (C=O) groups excluding carboxylic acids is 1. The molecular weight excluding hydrogens is 488 g/mol. The van der Waals surface area contributed by atoms with Crippen molar-refractivity contribution in [3.8, 4) is 34.5 Å². The van der Waals surface area contributed by atoms with E-state index in [1.807, 2.05) is 24.3 Å². The zero-order chi connectivity index (χ0) is 27.7. The predicted octanol–water partition coefficient (Wildman–Crippen LogP) is 5.14. The molecule has 0 aliphatic rings. The largest absolute Gasteiger partial charge is 0.495 e. The van der Waals surface area contributed by atoms with Crippen LogP contribution in [-0.2, 0) is 4.79 Å². The lowest BCUT2D eigenvalue weighted by Gasteiger charge is -2.15. The number of methoxy groups -OCH3 is 6. The van der Waals surface area contributed by atoms with Crippen LogP contribution in [0.1, 0.15) is 16.7 Å². The van der Waals surface area contributed by atoms with Crippen molar-refractivity contribution in [2.24, 2.45) is 0 Å². The lowest BCUT2D eigenvalue weighted by molar-refractivity contribution is -0.111. The number of hydrogen-bond acceptors (Lipinski definition) is 8. The van der Waals surface area contributed by atoms with Gasteiger partial charge in [0.2, 0.25) is 11.7 Å². The second kappa shape index (κ2) is 13.0. The fourth-order valence-corrected chi connectivity index (χ4v) is 3.74. The van der Waals surface area contributed by atoms with Crippen LogP contribution < -0.4 is 39.5 Å². The van der Waals surface area contributed by atoms with Crippen molar-refractivity contribution in [3.63, 3.8) is 0 Å². The first-order chi connectivity index (χ1) is 18.4. The minimum Gasteiger partial charge on any atom is -0.495 e. The molecule has 0 fully saturated rings. The van der Waals surface area contributed by atoms with E-state index in [0.717, 1.165) is 16.7 Å². The highest BCUT2D eigenvalue weighted by Crippen LogP contribution is 2.40. The van der Waals surface area contributed by atoms with Gasteiger partial charge in [-0.25, -0.2) is 0 Å². The number of anilines is 2. The van der Waals surface area contributed by atoms with Gasteiger partial charge in [0.05, 0.1) is 54.0 Å². The van der Waals surface area contributed by atoms with Gasteiger partial charge in [-0.2, -0.15) is 0 Å². The van der Waals surface area contributed by atoms with Gasteiger partial charge >= 0.3 is 0 Å². The molecule has 0 heterocycles. The van der Waals surface area contributed by atoms with E-state index in [9.17, 15) is 4.79 Å². The van der Waals surface area contributed by atoms with Crippen LogP contribution in [0, 0.1) is 0 Å². The van der Waals surface area contributed by atoms with Crippen LogP contribution in [0.25, 0.3) is 18.2 Å². The third kappa shape index (κ3) is 6.50. The number of amides is 1. The molecule has 3 rings (SSSR count). The van der Waals surface area contributed by atoms with Gasteiger partial charge in [0.15, 0.2) is 23.0 Å². The zero-order valence-electron chi connectivity index (χ0n) is 22.3. The minimum atomic E-state index is -0.355. The summed E-state index contributed by atoms with van der Waals surface area (Å²) in [4.78, 5) is 12.8. The summed E-state index contributed by atoms with van der Waals surface area (Å²) in [5.74, 6) is 2.62. The van der Waals surface area contributed by atoms with E-state index in [4.69, 9.17) is 34.2 Å². The number of benzene rings is 3. The SMILES string of the molecule is COc1cc(/C=C/C(=O)Nc2cc(/C=C/c3cc(OC)c(OC)c(OC)c3)cc(OC)c2OC)ccc1N. The number of carbonyl (C=O) groups is 1. The highest BCUT2D eigenvalue weighted by Gasteiger charge is 2.15. The summed E-state index contributed by atoms with van der Waals surface area (Å²) < 4.78 is 32.5. The van der Waals surface area contributed by atoms with E-state index < -0.39 is 0 Å². The van der Waals surface area contributed by atoms with Gasteiger partial charge in [-0.1, -0.05) is 18.2 Å². The molecule has 0 radical (unpaired) electrons. The molecule has 1 amide bonds. The third-order valence-corrected chi connectivity index (χ3v) is 5.60. The van der Waals surface area contributed by atoms with Crippen LogP contribution >= 0.6 is 0 Å². The van der Waals surface area contributed by atoms with E-state index in [-0.39, 0.29) is 5.91 Å². The van der Waals surface area contributed by atoms with Gasteiger partial charge in [0, 0.05) is 6.08 Å². The molecule has 0 atom stereocenters. The van der Waals surface area contributed by atoms with Crippen LogP contribution in [-0.4, -0.2) is 48.6 Å². The van der Waals surface area contributed by atoms with Crippen molar-refractivity contribution in [2.45, 2.75) is 0 Å². The maximum Gasteiger partial charge on any atom is 0.248 e. The second-order valence-corrected chi connectivity index (χ2v) is 7.92.